The summed E-state index contributed by atoms with van der Waals surface area (Å²) in [6.07, 6.45) is 17.4. The van der Waals surface area contributed by atoms with Crippen LogP contribution < -0.4 is 0 Å². The van der Waals surface area contributed by atoms with Gasteiger partial charge in [0.1, 0.15) is 0 Å². The molecule has 2 heterocycles. The molecule has 2 heteroatoms. The van der Waals surface area contributed by atoms with E-state index in [9.17, 15) is 0 Å². The van der Waals surface area contributed by atoms with Gasteiger partial charge < -0.3 is 4.98 Å². The average Bonchev–Trinajstić information content (AvgIpc) is 3.32. The second-order valence-corrected chi connectivity index (χ2v) is 11.9. The summed E-state index contributed by atoms with van der Waals surface area (Å²) in [4.78, 5) is 8.24. The second-order valence-electron chi connectivity index (χ2n) is 11.9. The Balaban J connectivity index is 1.32. The fourth-order valence-corrected chi connectivity index (χ4v) is 6.64. The summed E-state index contributed by atoms with van der Waals surface area (Å²) >= 11 is 0. The Bertz CT molecular complexity index is 2030. The maximum Gasteiger partial charge on any atom is 0.0468 e. The van der Waals surface area contributed by atoms with Gasteiger partial charge >= 0.3 is 0 Å². The van der Waals surface area contributed by atoms with Crippen LogP contribution in [0.1, 0.15) is 54.6 Å². The van der Waals surface area contributed by atoms with E-state index in [1.165, 1.54) is 66.3 Å². The smallest absolute Gasteiger partial charge is 0.0468 e. The van der Waals surface area contributed by atoms with Gasteiger partial charge in [-0.05, 0) is 88.7 Å². The average molecular weight is 543 g/mol. The van der Waals surface area contributed by atoms with Crippen LogP contribution in [0.2, 0.25) is 0 Å². The number of aromatic amines is 1. The van der Waals surface area contributed by atoms with Crippen LogP contribution in [0.5, 0.6) is 0 Å². The van der Waals surface area contributed by atoms with E-state index in [-0.39, 0.29) is 5.41 Å². The standard InChI is InChI=1S/C40H34N2/c1-27-30(24-29(23-28-13-6-4-5-7-14-28)15-12-17-31-16-10-11-22-41-31)20-21-37-39(27)34-25-33-32-18-8-9-19-35(32)40(2,3)36(33)26-38(34)42-37/h4,6,8-13,15-16,18-22,24-26,42H,14,17,23H2,1-3H3/b15-12-,29-24-. The summed E-state index contributed by atoms with van der Waals surface area (Å²) in [6.45, 7) is 6.95. The van der Waals surface area contributed by atoms with E-state index >= 15 is 0 Å². The van der Waals surface area contributed by atoms with Gasteiger partial charge in [0, 0.05) is 52.0 Å². The number of nitrogens with zero attached hydrogens (tertiary/aromatic N) is 1. The molecular weight excluding hydrogens is 508 g/mol. The quantitative estimate of drug-likeness (QED) is 0.168. The summed E-state index contributed by atoms with van der Waals surface area (Å²) in [5.74, 6) is 6.37. The highest BCUT2D eigenvalue weighted by Gasteiger charge is 2.35. The van der Waals surface area contributed by atoms with Gasteiger partial charge in [0.2, 0.25) is 0 Å². The molecule has 3 aromatic carbocycles. The fraction of sp³-hybridized carbons (Fsp3) is 0.175. The molecule has 0 unspecified atom stereocenters. The molecule has 2 aromatic heterocycles. The molecule has 0 spiro atoms. The lowest BCUT2D eigenvalue weighted by atomic mass is 9.82. The van der Waals surface area contributed by atoms with Crippen molar-refractivity contribution in [3.8, 4) is 23.0 Å². The number of nitrogens with one attached hydrogen (secondary N) is 1. The Morgan fingerprint density at radius 1 is 0.976 bits per heavy atom. The lowest BCUT2D eigenvalue weighted by molar-refractivity contribution is 0.661. The summed E-state index contributed by atoms with van der Waals surface area (Å²) < 4.78 is 0. The van der Waals surface area contributed by atoms with Gasteiger partial charge in [-0.1, -0.05) is 98.0 Å². The number of rotatable bonds is 6. The molecule has 42 heavy (non-hydrogen) atoms. The van der Waals surface area contributed by atoms with E-state index in [1.54, 1.807) is 0 Å². The van der Waals surface area contributed by atoms with Gasteiger partial charge in [-0.25, -0.2) is 0 Å². The molecular formula is C40H34N2. The van der Waals surface area contributed by atoms with Crippen molar-refractivity contribution in [2.45, 2.75) is 45.4 Å². The van der Waals surface area contributed by atoms with Gasteiger partial charge in [-0.15, -0.1) is 0 Å². The first-order valence-electron chi connectivity index (χ1n) is 14.8. The zero-order valence-corrected chi connectivity index (χ0v) is 24.5. The molecule has 2 aliphatic carbocycles. The normalized spacial score (nSPS) is 15.4. The SMILES string of the molecule is Cc1c(/C=C(/C=C\Cc2ccccn2)CC2=CC=CC#CC2)ccc2[nH]c3cc4c(cc3c12)-c1ccccc1C4(C)C. The van der Waals surface area contributed by atoms with Crippen LogP contribution >= 0.6 is 0 Å². The molecule has 0 saturated carbocycles. The molecule has 1 N–H and O–H groups in total. The summed E-state index contributed by atoms with van der Waals surface area (Å²) in [7, 11) is 0. The molecule has 0 fully saturated rings. The minimum Gasteiger partial charge on any atom is -0.354 e. The fourth-order valence-electron chi connectivity index (χ4n) is 6.64. The maximum absolute atomic E-state index is 4.49. The topological polar surface area (TPSA) is 28.7 Å². The minimum absolute atomic E-state index is 0.0108. The molecule has 204 valence electrons. The lowest BCUT2D eigenvalue weighted by Gasteiger charge is -2.21. The second kappa shape index (κ2) is 10.5. The third-order valence-corrected chi connectivity index (χ3v) is 8.85. The number of H-pyrrole nitrogens is 1. The van der Waals surface area contributed by atoms with Crippen LogP contribution in [-0.2, 0) is 11.8 Å². The first-order chi connectivity index (χ1) is 20.5. The third kappa shape index (κ3) is 4.62. The van der Waals surface area contributed by atoms with E-state index in [2.05, 4.69) is 128 Å². The third-order valence-electron chi connectivity index (χ3n) is 8.85. The molecule has 2 aliphatic rings. The van der Waals surface area contributed by atoms with Gasteiger partial charge in [-0.2, -0.15) is 0 Å². The van der Waals surface area contributed by atoms with E-state index in [4.69, 9.17) is 0 Å². The largest absolute Gasteiger partial charge is 0.354 e. The highest BCUT2D eigenvalue weighted by Crippen LogP contribution is 2.50. The van der Waals surface area contributed by atoms with E-state index in [0.717, 1.165) is 25.0 Å². The number of hydrogen-bond donors (Lipinski definition) is 1. The molecule has 0 aliphatic heterocycles. The van der Waals surface area contributed by atoms with Crippen LogP contribution in [0.3, 0.4) is 0 Å². The first kappa shape index (κ1) is 26.1. The number of benzene rings is 3. The molecule has 0 atom stereocenters. The van der Waals surface area contributed by atoms with E-state index in [0.29, 0.717) is 0 Å². The molecule has 2 nitrogen and oxygen atoms in total. The van der Waals surface area contributed by atoms with Gasteiger partial charge in [0.15, 0.2) is 0 Å². The zero-order valence-electron chi connectivity index (χ0n) is 24.5. The Morgan fingerprint density at radius 3 is 2.74 bits per heavy atom. The van der Waals surface area contributed by atoms with E-state index in [1.807, 2.05) is 24.4 Å². The maximum atomic E-state index is 4.49. The predicted octanol–water partition coefficient (Wildman–Crippen LogP) is 9.79. The van der Waals surface area contributed by atoms with Crippen LogP contribution in [0, 0.1) is 18.8 Å². The van der Waals surface area contributed by atoms with Crippen LogP contribution in [-0.4, -0.2) is 9.97 Å². The summed E-state index contributed by atoms with van der Waals surface area (Å²) in [5, 5.41) is 2.60. The molecule has 0 amide bonds. The Morgan fingerprint density at radius 2 is 1.86 bits per heavy atom. The van der Waals surface area contributed by atoms with E-state index < -0.39 is 0 Å². The van der Waals surface area contributed by atoms with Gasteiger partial charge in [0.05, 0.1) is 0 Å². The van der Waals surface area contributed by atoms with Crippen molar-refractivity contribution in [2.75, 3.05) is 0 Å². The van der Waals surface area contributed by atoms with Crippen LogP contribution in [0.15, 0.2) is 114 Å². The molecule has 0 radical (unpaired) electrons. The number of hydrogen-bond acceptors (Lipinski definition) is 1. The van der Waals surface area contributed by atoms with Gasteiger partial charge in [-0.3, -0.25) is 4.98 Å². The first-order valence-corrected chi connectivity index (χ1v) is 14.8. The van der Waals surface area contributed by atoms with Crippen molar-refractivity contribution >= 4 is 27.9 Å². The molecule has 7 rings (SSSR count). The number of allylic oxidation sites excluding steroid dienone is 7. The monoisotopic (exact) mass is 542 g/mol. The number of aromatic nitrogens is 2. The highest BCUT2D eigenvalue weighted by atomic mass is 14.7. The lowest BCUT2D eigenvalue weighted by Crippen LogP contribution is -2.14. The summed E-state index contributed by atoms with van der Waals surface area (Å²) in [5.41, 5.74) is 14.1. The Kier molecular flexibility index (Phi) is 6.52. The molecule has 5 aromatic rings. The van der Waals surface area contributed by atoms with Crippen molar-refractivity contribution < 1.29 is 0 Å². The van der Waals surface area contributed by atoms with Crippen molar-refractivity contribution in [1.82, 2.24) is 9.97 Å². The number of pyridine rings is 1. The van der Waals surface area contributed by atoms with Crippen molar-refractivity contribution in [2.24, 2.45) is 0 Å². The van der Waals surface area contributed by atoms with Crippen LogP contribution in [0.4, 0.5) is 0 Å². The Hall–Kier alpha value is -4.87. The van der Waals surface area contributed by atoms with Crippen molar-refractivity contribution in [1.29, 1.82) is 0 Å². The van der Waals surface area contributed by atoms with Crippen molar-refractivity contribution in [3.05, 3.63) is 142 Å². The van der Waals surface area contributed by atoms with Crippen molar-refractivity contribution in [3.63, 3.8) is 0 Å². The highest BCUT2D eigenvalue weighted by molar-refractivity contribution is 6.12. The number of aryl methyl sites for hydroxylation is 1. The minimum atomic E-state index is -0.0108. The molecule has 0 bridgehead atoms. The van der Waals surface area contributed by atoms with Gasteiger partial charge in [0.25, 0.3) is 0 Å². The Labute approximate surface area is 248 Å². The number of fused-ring (bicyclic) bond motifs is 6. The summed E-state index contributed by atoms with van der Waals surface area (Å²) in [6, 6.07) is 24.3. The predicted molar refractivity (Wildman–Crippen MR) is 177 cm³/mol. The van der Waals surface area contributed by atoms with Crippen LogP contribution in [0.25, 0.3) is 39.0 Å². The zero-order chi connectivity index (χ0) is 28.7. The molecule has 0 saturated heterocycles.